The molecule has 0 bridgehead atoms. The van der Waals surface area contributed by atoms with Crippen LogP contribution in [-0.4, -0.2) is 37.1 Å². The summed E-state index contributed by atoms with van der Waals surface area (Å²) in [6.45, 7) is 14.3. The van der Waals surface area contributed by atoms with Gasteiger partial charge in [0.15, 0.2) is 0 Å². The summed E-state index contributed by atoms with van der Waals surface area (Å²) in [7, 11) is 0. The van der Waals surface area contributed by atoms with Gasteiger partial charge in [-0.3, -0.25) is 0 Å². The quantitative estimate of drug-likeness (QED) is 0.775. The zero-order valence-electron chi connectivity index (χ0n) is 11.7. The average molecular weight is 226 g/mol. The van der Waals surface area contributed by atoms with Gasteiger partial charge in [-0.1, -0.05) is 27.7 Å². The number of piperidine rings is 1. The summed E-state index contributed by atoms with van der Waals surface area (Å²) >= 11 is 0. The van der Waals surface area contributed by atoms with Gasteiger partial charge in [0.2, 0.25) is 0 Å². The van der Waals surface area contributed by atoms with E-state index >= 15 is 0 Å². The van der Waals surface area contributed by atoms with E-state index in [1.54, 1.807) is 0 Å². The van der Waals surface area contributed by atoms with E-state index in [2.05, 4.69) is 37.9 Å². The molecule has 1 saturated heterocycles. The van der Waals surface area contributed by atoms with Crippen molar-refractivity contribution in [3.05, 3.63) is 0 Å². The van der Waals surface area contributed by atoms with Crippen molar-refractivity contribution in [3.63, 3.8) is 0 Å². The van der Waals surface area contributed by atoms with E-state index in [0.717, 1.165) is 6.04 Å². The highest BCUT2D eigenvalue weighted by Gasteiger charge is 2.20. The minimum absolute atomic E-state index is 0.476. The highest BCUT2D eigenvalue weighted by Crippen LogP contribution is 2.20. The van der Waals surface area contributed by atoms with Crippen LogP contribution in [0, 0.1) is 5.41 Å². The smallest absolute Gasteiger partial charge is 0.0195 e. The summed E-state index contributed by atoms with van der Waals surface area (Å²) in [5, 5.41) is 3.66. The van der Waals surface area contributed by atoms with Crippen molar-refractivity contribution in [3.8, 4) is 0 Å². The Bertz CT molecular complexity index is 184. The lowest BCUT2D eigenvalue weighted by molar-refractivity contribution is 0.168. The molecule has 16 heavy (non-hydrogen) atoms. The van der Waals surface area contributed by atoms with Crippen LogP contribution in [0.2, 0.25) is 0 Å². The van der Waals surface area contributed by atoms with Gasteiger partial charge in [0.1, 0.15) is 0 Å². The van der Waals surface area contributed by atoms with Gasteiger partial charge in [0.25, 0.3) is 0 Å². The molecule has 0 radical (unpaired) electrons. The van der Waals surface area contributed by atoms with Gasteiger partial charge in [0, 0.05) is 12.6 Å². The molecule has 1 heterocycles. The molecular formula is C14H30N2. The molecule has 0 aliphatic carbocycles. The maximum Gasteiger partial charge on any atom is 0.0195 e. The molecule has 0 saturated carbocycles. The van der Waals surface area contributed by atoms with E-state index in [1.807, 2.05) is 0 Å². The van der Waals surface area contributed by atoms with Crippen LogP contribution < -0.4 is 5.32 Å². The third-order valence-electron chi connectivity index (χ3n) is 3.37. The zero-order chi connectivity index (χ0) is 12.0. The Morgan fingerprint density at radius 2 is 2.06 bits per heavy atom. The van der Waals surface area contributed by atoms with Crippen molar-refractivity contribution in [1.29, 1.82) is 0 Å². The largest absolute Gasteiger partial charge is 0.313 e. The molecule has 1 aliphatic heterocycles. The molecule has 1 atom stereocenters. The monoisotopic (exact) mass is 226 g/mol. The Labute approximate surface area is 102 Å². The molecule has 0 aromatic carbocycles. The second-order valence-corrected chi connectivity index (χ2v) is 6.40. The summed E-state index contributed by atoms with van der Waals surface area (Å²) < 4.78 is 0. The standard InChI is InChI=1S/C14H30N2/c1-5-9-15-13-7-6-10-16(12-13)11-8-14(2,3)4/h13,15H,5-12H2,1-4H3. The van der Waals surface area contributed by atoms with Gasteiger partial charge in [-0.25, -0.2) is 0 Å². The molecule has 0 aromatic heterocycles. The second kappa shape index (κ2) is 6.61. The summed E-state index contributed by atoms with van der Waals surface area (Å²) in [5.41, 5.74) is 0.476. The fourth-order valence-corrected chi connectivity index (χ4v) is 2.27. The molecule has 2 heteroatoms. The van der Waals surface area contributed by atoms with E-state index in [4.69, 9.17) is 0 Å². The lowest BCUT2D eigenvalue weighted by Crippen LogP contribution is -2.46. The molecule has 0 amide bonds. The van der Waals surface area contributed by atoms with Crippen LogP contribution in [0.15, 0.2) is 0 Å². The number of nitrogens with zero attached hydrogens (tertiary/aromatic N) is 1. The Hall–Kier alpha value is -0.0800. The van der Waals surface area contributed by atoms with Gasteiger partial charge in [-0.15, -0.1) is 0 Å². The molecule has 0 spiro atoms. The number of likely N-dealkylation sites (tertiary alicyclic amines) is 1. The van der Waals surface area contributed by atoms with Crippen molar-refractivity contribution in [2.45, 2.75) is 59.4 Å². The Balaban J connectivity index is 2.22. The Morgan fingerprint density at radius 1 is 1.31 bits per heavy atom. The van der Waals surface area contributed by atoms with Crippen LogP contribution in [0.1, 0.15) is 53.4 Å². The summed E-state index contributed by atoms with van der Waals surface area (Å²) in [5.74, 6) is 0. The van der Waals surface area contributed by atoms with Gasteiger partial charge in [-0.05, 0) is 50.7 Å². The molecule has 0 aromatic rings. The SMILES string of the molecule is CCCNC1CCCN(CCC(C)(C)C)C1. The van der Waals surface area contributed by atoms with Gasteiger partial charge >= 0.3 is 0 Å². The topological polar surface area (TPSA) is 15.3 Å². The highest BCUT2D eigenvalue weighted by atomic mass is 15.2. The lowest BCUT2D eigenvalue weighted by Gasteiger charge is -2.34. The first-order valence-electron chi connectivity index (χ1n) is 6.97. The first-order valence-corrected chi connectivity index (χ1v) is 6.97. The Kier molecular flexibility index (Phi) is 5.77. The predicted octanol–water partition coefficient (Wildman–Crippen LogP) is 2.89. The average Bonchev–Trinajstić information content (AvgIpc) is 2.23. The van der Waals surface area contributed by atoms with Crippen LogP contribution in [0.4, 0.5) is 0 Å². The van der Waals surface area contributed by atoms with E-state index < -0.39 is 0 Å². The van der Waals surface area contributed by atoms with Crippen molar-refractivity contribution in [1.82, 2.24) is 10.2 Å². The number of hydrogen-bond donors (Lipinski definition) is 1. The van der Waals surface area contributed by atoms with Crippen LogP contribution in [0.5, 0.6) is 0 Å². The van der Waals surface area contributed by atoms with Crippen molar-refractivity contribution in [2.24, 2.45) is 5.41 Å². The normalized spacial score (nSPS) is 23.6. The van der Waals surface area contributed by atoms with Crippen LogP contribution in [-0.2, 0) is 0 Å². The van der Waals surface area contributed by atoms with Crippen LogP contribution in [0.3, 0.4) is 0 Å². The molecular weight excluding hydrogens is 196 g/mol. The fraction of sp³-hybridized carbons (Fsp3) is 1.00. The lowest BCUT2D eigenvalue weighted by atomic mass is 9.91. The molecule has 1 N–H and O–H groups in total. The van der Waals surface area contributed by atoms with E-state index in [1.165, 1.54) is 51.9 Å². The summed E-state index contributed by atoms with van der Waals surface area (Å²) in [4.78, 5) is 2.64. The number of nitrogens with one attached hydrogen (secondary N) is 1. The van der Waals surface area contributed by atoms with Crippen LogP contribution in [0.25, 0.3) is 0 Å². The maximum absolute atomic E-state index is 3.66. The van der Waals surface area contributed by atoms with Crippen molar-refractivity contribution in [2.75, 3.05) is 26.2 Å². The maximum atomic E-state index is 3.66. The third-order valence-corrected chi connectivity index (χ3v) is 3.37. The molecule has 2 nitrogen and oxygen atoms in total. The van der Waals surface area contributed by atoms with Crippen molar-refractivity contribution < 1.29 is 0 Å². The summed E-state index contributed by atoms with van der Waals surface area (Å²) in [6, 6.07) is 0.744. The third kappa shape index (κ3) is 5.86. The van der Waals surface area contributed by atoms with E-state index in [9.17, 15) is 0 Å². The minimum Gasteiger partial charge on any atom is -0.313 e. The van der Waals surface area contributed by atoms with E-state index in [-0.39, 0.29) is 0 Å². The fourth-order valence-electron chi connectivity index (χ4n) is 2.27. The molecule has 1 unspecified atom stereocenters. The highest BCUT2D eigenvalue weighted by molar-refractivity contribution is 4.79. The Morgan fingerprint density at radius 3 is 2.69 bits per heavy atom. The first-order chi connectivity index (χ1) is 7.51. The molecule has 96 valence electrons. The number of rotatable bonds is 5. The minimum atomic E-state index is 0.476. The number of hydrogen-bond acceptors (Lipinski definition) is 2. The summed E-state index contributed by atoms with van der Waals surface area (Å²) in [6.07, 6.45) is 5.30. The van der Waals surface area contributed by atoms with Crippen LogP contribution >= 0.6 is 0 Å². The van der Waals surface area contributed by atoms with Gasteiger partial charge < -0.3 is 10.2 Å². The molecule has 1 aliphatic rings. The van der Waals surface area contributed by atoms with Crippen molar-refractivity contribution >= 4 is 0 Å². The van der Waals surface area contributed by atoms with Gasteiger partial charge in [0.05, 0.1) is 0 Å². The van der Waals surface area contributed by atoms with E-state index in [0.29, 0.717) is 5.41 Å². The second-order valence-electron chi connectivity index (χ2n) is 6.40. The first kappa shape index (κ1) is 14.0. The molecule has 1 rings (SSSR count). The predicted molar refractivity (Wildman–Crippen MR) is 71.8 cm³/mol. The molecule has 1 fully saturated rings. The zero-order valence-corrected chi connectivity index (χ0v) is 11.7. The van der Waals surface area contributed by atoms with Gasteiger partial charge in [-0.2, -0.15) is 0 Å².